The van der Waals surface area contributed by atoms with E-state index >= 15 is 0 Å². The number of hydrogen-bond donors (Lipinski definition) is 0. The topological polar surface area (TPSA) is 82.0 Å². The van der Waals surface area contributed by atoms with Crippen LogP contribution < -0.4 is 0 Å². The van der Waals surface area contributed by atoms with Crippen molar-refractivity contribution in [2.75, 3.05) is 18.8 Å². The van der Waals surface area contributed by atoms with E-state index in [0.29, 0.717) is 11.8 Å². The molecule has 3 heterocycles. The van der Waals surface area contributed by atoms with E-state index in [9.17, 15) is 14.5 Å². The lowest BCUT2D eigenvalue weighted by Crippen LogP contribution is -2.37. The Morgan fingerprint density at radius 1 is 1.26 bits per heavy atom. The van der Waals surface area contributed by atoms with E-state index < -0.39 is 4.92 Å². The average molecular weight is 465 g/mol. The third-order valence-corrected chi connectivity index (χ3v) is 6.61. The third-order valence-electron chi connectivity index (χ3n) is 5.17. The van der Waals surface area contributed by atoms with Gasteiger partial charge < -0.3 is 14.7 Å². The number of imidazole rings is 2. The molecule has 0 spiro atoms. The maximum Gasteiger partial charge on any atom is 0.383 e. The number of rotatable bonds is 8. The lowest BCUT2D eigenvalue weighted by molar-refractivity contribution is -0.389. The van der Waals surface area contributed by atoms with Gasteiger partial charge in [0, 0.05) is 48.9 Å². The van der Waals surface area contributed by atoms with Gasteiger partial charge in [0.15, 0.2) is 0 Å². The molecule has 0 radical (unpaired) electrons. The molecule has 1 aromatic carbocycles. The molecular weight excluding hydrogens is 443 g/mol. The third kappa shape index (κ3) is 5.25. The minimum absolute atomic E-state index is 0.139. The first-order valence-corrected chi connectivity index (χ1v) is 11.3. The molecule has 0 saturated carbocycles. The zero-order chi connectivity index (χ0) is 22.0. The lowest BCUT2D eigenvalue weighted by Gasteiger charge is -2.29. The number of halogens is 2. The summed E-state index contributed by atoms with van der Waals surface area (Å²) in [5, 5.41) is 11.3. The molecule has 8 nitrogen and oxygen atoms in total. The minimum atomic E-state index is -0.542. The molecule has 0 amide bonds. The van der Waals surface area contributed by atoms with Gasteiger partial charge >= 0.3 is 11.1 Å². The maximum absolute atomic E-state index is 13.2. The highest BCUT2D eigenvalue weighted by molar-refractivity contribution is 7.99. The van der Waals surface area contributed by atoms with E-state index in [0.717, 1.165) is 49.0 Å². The van der Waals surface area contributed by atoms with Gasteiger partial charge in [0.2, 0.25) is 0 Å². The molecule has 1 aliphatic heterocycles. The van der Waals surface area contributed by atoms with Crippen LogP contribution in [0.4, 0.5) is 10.2 Å². The number of thioether (sulfide) groups is 1. The van der Waals surface area contributed by atoms with Gasteiger partial charge in [-0.05, 0) is 45.8 Å². The average Bonchev–Trinajstić information content (AvgIpc) is 3.32. The summed E-state index contributed by atoms with van der Waals surface area (Å²) < 4.78 is 16.9. The van der Waals surface area contributed by atoms with Crippen LogP contribution in [-0.4, -0.2) is 53.0 Å². The van der Waals surface area contributed by atoms with Gasteiger partial charge in [-0.1, -0.05) is 6.92 Å². The Morgan fingerprint density at radius 3 is 2.74 bits per heavy atom. The number of benzene rings is 1. The van der Waals surface area contributed by atoms with Gasteiger partial charge in [0.1, 0.15) is 17.8 Å². The molecule has 1 unspecified atom stereocenters. The summed E-state index contributed by atoms with van der Waals surface area (Å²) in [6.07, 6.45) is 3.41. The number of nitrogens with zero attached hydrogens (tertiary/aromatic N) is 6. The van der Waals surface area contributed by atoms with Crippen LogP contribution in [0.15, 0.2) is 36.7 Å². The fourth-order valence-electron chi connectivity index (χ4n) is 3.61. The van der Waals surface area contributed by atoms with Crippen molar-refractivity contribution >= 4 is 29.2 Å². The summed E-state index contributed by atoms with van der Waals surface area (Å²) in [7, 11) is 0. The molecule has 1 aliphatic rings. The van der Waals surface area contributed by atoms with Crippen LogP contribution in [0.3, 0.4) is 0 Å². The van der Waals surface area contributed by atoms with Crippen LogP contribution in [0.5, 0.6) is 0 Å². The summed E-state index contributed by atoms with van der Waals surface area (Å²) >= 11 is 7.76. The lowest BCUT2D eigenvalue weighted by atomic mass is 10.2. The van der Waals surface area contributed by atoms with Gasteiger partial charge in [0.05, 0.1) is 12.2 Å². The van der Waals surface area contributed by atoms with E-state index in [1.807, 2.05) is 6.20 Å². The van der Waals surface area contributed by atoms with Crippen molar-refractivity contribution in [3.05, 3.63) is 63.7 Å². The molecule has 0 N–H and O–H groups in total. The predicted molar refractivity (Wildman–Crippen MR) is 119 cm³/mol. The van der Waals surface area contributed by atoms with E-state index in [-0.39, 0.29) is 16.9 Å². The summed E-state index contributed by atoms with van der Waals surface area (Å²) in [6, 6.07) is 6.41. The first-order valence-electron chi connectivity index (χ1n) is 9.92. The van der Waals surface area contributed by atoms with Gasteiger partial charge in [-0.15, -0.1) is 0 Å². The molecule has 2 aromatic heterocycles. The second kappa shape index (κ2) is 9.37. The van der Waals surface area contributed by atoms with Crippen LogP contribution in [-0.2, 0) is 19.6 Å². The second-order valence-electron chi connectivity index (χ2n) is 7.48. The van der Waals surface area contributed by atoms with Crippen LogP contribution in [0.1, 0.15) is 12.7 Å². The Morgan fingerprint density at radius 2 is 2.03 bits per heavy atom. The van der Waals surface area contributed by atoms with Crippen molar-refractivity contribution in [1.82, 2.24) is 24.0 Å². The summed E-state index contributed by atoms with van der Waals surface area (Å²) in [5.74, 6) is 1.32. The normalized spacial score (nSPS) is 15.1. The zero-order valence-corrected chi connectivity index (χ0v) is 18.5. The molecular formula is C20H22ClFN6O2S. The van der Waals surface area contributed by atoms with Crippen molar-refractivity contribution in [2.45, 2.75) is 31.8 Å². The van der Waals surface area contributed by atoms with Gasteiger partial charge in [0.25, 0.3) is 0 Å². The van der Waals surface area contributed by atoms with Gasteiger partial charge in [-0.3, -0.25) is 9.47 Å². The predicted octanol–water partition coefficient (Wildman–Crippen LogP) is 4.08. The van der Waals surface area contributed by atoms with Crippen LogP contribution >= 0.6 is 23.4 Å². The van der Waals surface area contributed by atoms with Crippen LogP contribution in [0.25, 0.3) is 11.3 Å². The molecule has 0 fully saturated rings. The summed E-state index contributed by atoms with van der Waals surface area (Å²) in [4.78, 5) is 21.1. The minimum Gasteiger partial charge on any atom is -0.358 e. The molecule has 31 heavy (non-hydrogen) atoms. The molecule has 0 aliphatic carbocycles. The standard InChI is InChI=1S/C20H22ClFN6O2S/c1-14(31-9-8-27-13-19(28(29)30)24-20(27)21)10-25-6-7-26-11-17(23-18(26)12-25)15-2-4-16(22)5-3-15/h2-5,11,13-14H,6-10,12H2,1H3. The van der Waals surface area contributed by atoms with E-state index in [2.05, 4.69) is 21.4 Å². The maximum atomic E-state index is 13.2. The Labute approximate surface area is 188 Å². The Hall–Kier alpha value is -2.43. The Balaban J connectivity index is 1.28. The molecule has 3 aromatic rings. The van der Waals surface area contributed by atoms with E-state index in [4.69, 9.17) is 16.6 Å². The second-order valence-corrected chi connectivity index (χ2v) is 9.36. The van der Waals surface area contributed by atoms with Crippen molar-refractivity contribution in [2.24, 2.45) is 0 Å². The van der Waals surface area contributed by atoms with Crippen LogP contribution in [0.2, 0.25) is 5.28 Å². The molecule has 11 heteroatoms. The fourth-order valence-corrected chi connectivity index (χ4v) is 4.85. The number of aromatic nitrogens is 4. The number of hydrogen-bond acceptors (Lipinski definition) is 6. The van der Waals surface area contributed by atoms with Crippen molar-refractivity contribution < 1.29 is 9.31 Å². The Kier molecular flexibility index (Phi) is 6.59. The Bertz CT molecular complexity index is 1070. The highest BCUT2D eigenvalue weighted by Gasteiger charge is 2.21. The van der Waals surface area contributed by atoms with Gasteiger partial charge in [-0.2, -0.15) is 11.8 Å². The molecule has 0 saturated heterocycles. The SMILES string of the molecule is CC(CN1CCn2cc(-c3ccc(F)cc3)nc2C1)SCCn1cc([N+](=O)[O-])nc1Cl. The smallest absolute Gasteiger partial charge is 0.358 e. The molecule has 4 rings (SSSR count). The quantitative estimate of drug-likeness (QED) is 0.369. The van der Waals surface area contributed by atoms with E-state index in [1.165, 1.54) is 18.3 Å². The fraction of sp³-hybridized carbons (Fsp3) is 0.400. The number of aryl methyl sites for hydroxylation is 1. The largest absolute Gasteiger partial charge is 0.383 e. The first kappa shape index (κ1) is 21.8. The summed E-state index contributed by atoms with van der Waals surface area (Å²) in [6.45, 7) is 6.24. The molecule has 0 bridgehead atoms. The van der Waals surface area contributed by atoms with E-state index in [1.54, 1.807) is 28.5 Å². The van der Waals surface area contributed by atoms with Crippen molar-refractivity contribution in [1.29, 1.82) is 0 Å². The molecule has 164 valence electrons. The van der Waals surface area contributed by atoms with Crippen molar-refractivity contribution in [3.63, 3.8) is 0 Å². The number of nitro groups is 1. The highest BCUT2D eigenvalue weighted by Crippen LogP contribution is 2.23. The van der Waals surface area contributed by atoms with Gasteiger partial charge in [-0.25, -0.2) is 9.37 Å². The number of fused-ring (bicyclic) bond motifs is 1. The summed E-state index contributed by atoms with van der Waals surface area (Å²) in [5.41, 5.74) is 1.78. The highest BCUT2D eigenvalue weighted by atomic mass is 35.5. The zero-order valence-electron chi connectivity index (χ0n) is 16.9. The first-order chi connectivity index (χ1) is 14.9. The van der Waals surface area contributed by atoms with Crippen LogP contribution in [0, 0.1) is 15.9 Å². The van der Waals surface area contributed by atoms with Crippen molar-refractivity contribution in [3.8, 4) is 11.3 Å². The molecule has 1 atom stereocenters. The monoisotopic (exact) mass is 464 g/mol.